The molecule has 0 bridgehead atoms. The average molecular weight is 362 g/mol. The van der Waals surface area contributed by atoms with Gasteiger partial charge in [0, 0.05) is 16.5 Å². The van der Waals surface area contributed by atoms with Crippen LogP contribution in [0.3, 0.4) is 0 Å². The third kappa shape index (κ3) is 3.48. The van der Waals surface area contributed by atoms with Gasteiger partial charge in [-0.15, -0.1) is 0 Å². The number of halogens is 1. The van der Waals surface area contributed by atoms with Crippen LogP contribution in [0.1, 0.15) is 17.5 Å². The molecule has 1 unspecified atom stereocenters. The van der Waals surface area contributed by atoms with E-state index in [1.807, 2.05) is 36.4 Å². The molecule has 0 heterocycles. The van der Waals surface area contributed by atoms with Crippen LogP contribution in [0.25, 0.3) is 0 Å². The topological polar surface area (TPSA) is 66.5 Å². The third-order valence-corrected chi connectivity index (χ3v) is 4.29. The van der Waals surface area contributed by atoms with Gasteiger partial charge >= 0.3 is 6.02 Å². The van der Waals surface area contributed by atoms with Crippen LogP contribution in [0.15, 0.2) is 46.9 Å². The number of rotatable bonds is 2. The summed E-state index contributed by atoms with van der Waals surface area (Å²) < 4.78 is 0.936. The van der Waals surface area contributed by atoms with Crippen molar-refractivity contribution >= 4 is 33.3 Å². The molecule has 0 aromatic heterocycles. The summed E-state index contributed by atoms with van der Waals surface area (Å²) >= 11 is 3.40. The van der Waals surface area contributed by atoms with Crippen molar-refractivity contribution in [3.8, 4) is 0 Å². The van der Waals surface area contributed by atoms with Crippen molar-refractivity contribution in [2.24, 2.45) is 0 Å². The van der Waals surface area contributed by atoms with Gasteiger partial charge in [-0.2, -0.15) is 0 Å². The molecule has 1 atom stereocenters. The van der Waals surface area contributed by atoms with Gasteiger partial charge in [-0.05, 0) is 42.7 Å². The predicted molar refractivity (Wildman–Crippen MR) is 90.5 cm³/mol. The summed E-state index contributed by atoms with van der Waals surface area (Å²) in [7, 11) is 0. The molecule has 0 saturated heterocycles. The SMILES string of the molecule is OC(Nc1cccc(Br)c1)=[NH+]c1cccc2c1CC(O)CC2. The third-order valence-electron chi connectivity index (χ3n) is 3.80. The summed E-state index contributed by atoms with van der Waals surface area (Å²) in [6.07, 6.45) is 1.97. The van der Waals surface area contributed by atoms with Crippen molar-refractivity contribution < 1.29 is 15.2 Å². The Balaban J connectivity index is 1.85. The number of benzene rings is 2. The Bertz CT molecular complexity index is 716. The maximum atomic E-state index is 10.1. The smallest absolute Gasteiger partial charge is 0.447 e. The number of aryl methyl sites for hydroxylation is 1. The lowest BCUT2D eigenvalue weighted by Crippen LogP contribution is -2.69. The van der Waals surface area contributed by atoms with Crippen LogP contribution in [0.2, 0.25) is 0 Å². The molecule has 1 aliphatic carbocycles. The van der Waals surface area contributed by atoms with E-state index in [-0.39, 0.29) is 12.1 Å². The number of hydrogen-bond donors (Lipinski definition) is 4. The normalized spacial score (nSPS) is 17.9. The lowest BCUT2D eigenvalue weighted by atomic mass is 9.89. The van der Waals surface area contributed by atoms with Crippen LogP contribution in [0.5, 0.6) is 0 Å². The summed E-state index contributed by atoms with van der Waals surface area (Å²) in [4.78, 5) is 2.99. The summed E-state index contributed by atoms with van der Waals surface area (Å²) in [6, 6.07) is 13.5. The van der Waals surface area contributed by atoms with Gasteiger partial charge in [-0.25, -0.2) is 10.3 Å². The fourth-order valence-corrected chi connectivity index (χ4v) is 3.15. The molecular weight excluding hydrogens is 344 g/mol. The standard InChI is InChI=1S/C17H17BrN2O2/c18-12-4-2-5-13(9-12)19-17(22)20-16-6-1-3-11-7-8-14(21)10-15(11)16/h1-6,9,14,21H,7-8,10H2,(H2,19,20,22)/p+1. The van der Waals surface area contributed by atoms with Crippen LogP contribution in [-0.2, 0) is 12.8 Å². The second-order valence-electron chi connectivity index (χ2n) is 5.45. The number of anilines is 1. The van der Waals surface area contributed by atoms with Crippen LogP contribution in [0, 0.1) is 0 Å². The largest absolute Gasteiger partial charge is 0.449 e. The number of aliphatic hydroxyl groups excluding tert-OH is 2. The van der Waals surface area contributed by atoms with Crippen molar-refractivity contribution in [1.29, 1.82) is 0 Å². The van der Waals surface area contributed by atoms with Crippen LogP contribution in [-0.4, -0.2) is 22.3 Å². The minimum Gasteiger partial charge on any atom is -0.447 e. The van der Waals surface area contributed by atoms with E-state index in [0.29, 0.717) is 6.42 Å². The Morgan fingerprint density at radius 2 is 2.05 bits per heavy atom. The first-order valence-electron chi connectivity index (χ1n) is 7.26. The van der Waals surface area contributed by atoms with E-state index in [4.69, 9.17) is 0 Å². The molecule has 2 aromatic rings. The Labute approximate surface area is 137 Å². The first kappa shape index (κ1) is 15.1. The molecule has 22 heavy (non-hydrogen) atoms. The van der Waals surface area contributed by atoms with Gasteiger partial charge in [-0.3, -0.25) is 0 Å². The molecule has 114 valence electrons. The first-order valence-corrected chi connectivity index (χ1v) is 8.05. The molecule has 0 saturated carbocycles. The van der Waals surface area contributed by atoms with E-state index >= 15 is 0 Å². The molecule has 5 heteroatoms. The van der Waals surface area contributed by atoms with Gasteiger partial charge in [0.25, 0.3) is 0 Å². The minimum atomic E-state index is -0.310. The van der Waals surface area contributed by atoms with Crippen molar-refractivity contribution in [3.05, 3.63) is 58.1 Å². The highest BCUT2D eigenvalue weighted by molar-refractivity contribution is 9.10. The van der Waals surface area contributed by atoms with Gasteiger partial charge in [0.2, 0.25) is 0 Å². The first-order chi connectivity index (χ1) is 10.6. The summed E-state index contributed by atoms with van der Waals surface area (Å²) in [5, 5.41) is 22.9. The fourth-order valence-electron chi connectivity index (χ4n) is 2.75. The predicted octanol–water partition coefficient (Wildman–Crippen LogP) is 2.04. The quantitative estimate of drug-likeness (QED) is 0.488. The van der Waals surface area contributed by atoms with Gasteiger partial charge in [0.15, 0.2) is 0 Å². The number of fused-ring (bicyclic) bond motifs is 1. The molecule has 0 fully saturated rings. The zero-order valence-electron chi connectivity index (χ0n) is 12.0. The molecule has 0 spiro atoms. The molecule has 0 aliphatic heterocycles. The minimum absolute atomic E-state index is 0.0356. The molecule has 0 radical (unpaired) electrons. The summed E-state index contributed by atoms with van der Waals surface area (Å²) in [6.45, 7) is 0. The lowest BCUT2D eigenvalue weighted by molar-refractivity contribution is -0.366. The zero-order chi connectivity index (χ0) is 15.5. The van der Waals surface area contributed by atoms with E-state index in [9.17, 15) is 10.2 Å². The maximum absolute atomic E-state index is 10.1. The highest BCUT2D eigenvalue weighted by atomic mass is 79.9. The molecule has 2 aromatic carbocycles. The zero-order valence-corrected chi connectivity index (χ0v) is 13.6. The molecule has 0 amide bonds. The van der Waals surface area contributed by atoms with Crippen LogP contribution < -0.4 is 10.3 Å². The summed E-state index contributed by atoms with van der Waals surface area (Å²) in [5.41, 5.74) is 3.91. The number of aliphatic hydroxyl groups is 2. The second kappa shape index (κ2) is 6.50. The monoisotopic (exact) mass is 361 g/mol. The highest BCUT2D eigenvalue weighted by Crippen LogP contribution is 2.25. The van der Waals surface area contributed by atoms with E-state index in [1.165, 1.54) is 5.56 Å². The second-order valence-corrected chi connectivity index (χ2v) is 6.36. The van der Waals surface area contributed by atoms with Gasteiger partial charge in [-0.1, -0.05) is 34.1 Å². The molecule has 1 aliphatic rings. The van der Waals surface area contributed by atoms with Crippen molar-refractivity contribution in [3.63, 3.8) is 0 Å². The lowest BCUT2D eigenvalue weighted by Gasteiger charge is -2.20. The van der Waals surface area contributed by atoms with E-state index < -0.39 is 0 Å². The maximum Gasteiger partial charge on any atom is 0.449 e. The van der Waals surface area contributed by atoms with Crippen molar-refractivity contribution in [2.45, 2.75) is 25.4 Å². The van der Waals surface area contributed by atoms with Gasteiger partial charge in [0.1, 0.15) is 11.4 Å². The molecule has 3 rings (SSSR count). The van der Waals surface area contributed by atoms with Crippen LogP contribution in [0.4, 0.5) is 11.4 Å². The van der Waals surface area contributed by atoms with Gasteiger partial charge in [0.05, 0.1) is 6.10 Å². The average Bonchev–Trinajstić information content (AvgIpc) is 2.48. The number of nitrogens with one attached hydrogen (secondary N) is 2. The molecule has 4 nitrogen and oxygen atoms in total. The van der Waals surface area contributed by atoms with Gasteiger partial charge < -0.3 is 10.2 Å². The van der Waals surface area contributed by atoms with E-state index in [0.717, 1.165) is 34.3 Å². The van der Waals surface area contributed by atoms with E-state index in [2.05, 4.69) is 32.3 Å². The van der Waals surface area contributed by atoms with Crippen molar-refractivity contribution in [2.75, 3.05) is 5.32 Å². The summed E-state index contributed by atoms with van der Waals surface area (Å²) in [5.74, 6) is 0. The molecular formula is C17H18BrN2O2+. The Kier molecular flexibility index (Phi) is 4.45. The molecule has 4 N–H and O–H groups in total. The number of hydrogen-bond acceptors (Lipinski definition) is 1. The highest BCUT2D eigenvalue weighted by Gasteiger charge is 2.20. The number of amidine groups is 1. The Morgan fingerprint density at radius 1 is 1.23 bits per heavy atom. The van der Waals surface area contributed by atoms with Crippen LogP contribution >= 0.6 is 15.9 Å². The fraction of sp³-hybridized carbons (Fsp3) is 0.235. The Morgan fingerprint density at radius 3 is 2.86 bits per heavy atom. The Hall–Kier alpha value is -1.85. The van der Waals surface area contributed by atoms with E-state index in [1.54, 1.807) is 0 Å². The van der Waals surface area contributed by atoms with Crippen molar-refractivity contribution in [1.82, 2.24) is 0 Å².